The molecule has 2 rings (SSSR count). The van der Waals surface area contributed by atoms with E-state index in [1.165, 1.54) is 0 Å². The maximum absolute atomic E-state index is 11.6. The van der Waals surface area contributed by atoms with Crippen molar-refractivity contribution in [2.45, 2.75) is 6.92 Å². The summed E-state index contributed by atoms with van der Waals surface area (Å²) in [7, 11) is 0. The summed E-state index contributed by atoms with van der Waals surface area (Å²) in [6, 6.07) is 5.67. The summed E-state index contributed by atoms with van der Waals surface area (Å²) in [5.41, 5.74) is 3.25. The number of ketones is 1. The SMILES string of the molecule is CC=CC(=O)c1cccc2scnc12. The highest BCUT2D eigenvalue weighted by atomic mass is 32.1. The number of thiazole rings is 1. The van der Waals surface area contributed by atoms with E-state index in [1.807, 2.05) is 25.1 Å². The smallest absolute Gasteiger partial charge is 0.187 e. The molecule has 0 N–H and O–H groups in total. The fourth-order valence-electron chi connectivity index (χ4n) is 1.33. The van der Waals surface area contributed by atoms with E-state index in [-0.39, 0.29) is 5.78 Å². The average Bonchev–Trinajstić information content (AvgIpc) is 2.65. The molecule has 0 aliphatic heterocycles. The molecule has 0 aliphatic rings. The Morgan fingerprint density at radius 2 is 2.36 bits per heavy atom. The first-order valence-corrected chi connectivity index (χ1v) is 5.20. The number of fused-ring (bicyclic) bond motifs is 1. The van der Waals surface area contributed by atoms with E-state index < -0.39 is 0 Å². The van der Waals surface area contributed by atoms with E-state index in [0.717, 1.165) is 10.2 Å². The van der Waals surface area contributed by atoms with Gasteiger partial charge in [0.15, 0.2) is 5.78 Å². The Kier molecular flexibility index (Phi) is 2.41. The van der Waals surface area contributed by atoms with Gasteiger partial charge in [0.1, 0.15) is 0 Å². The van der Waals surface area contributed by atoms with Gasteiger partial charge in [0, 0.05) is 5.56 Å². The summed E-state index contributed by atoms with van der Waals surface area (Å²) in [6.07, 6.45) is 3.31. The van der Waals surface area contributed by atoms with Crippen molar-refractivity contribution in [3.8, 4) is 0 Å². The van der Waals surface area contributed by atoms with Crippen molar-refractivity contribution < 1.29 is 4.79 Å². The average molecular weight is 203 g/mol. The van der Waals surface area contributed by atoms with Crippen LogP contribution in [0.25, 0.3) is 10.2 Å². The first kappa shape index (κ1) is 9.09. The summed E-state index contributed by atoms with van der Waals surface area (Å²) < 4.78 is 1.06. The summed E-state index contributed by atoms with van der Waals surface area (Å²) >= 11 is 1.55. The highest BCUT2D eigenvalue weighted by Crippen LogP contribution is 2.21. The van der Waals surface area contributed by atoms with Gasteiger partial charge in [0.25, 0.3) is 0 Å². The number of benzene rings is 1. The standard InChI is InChI=1S/C11H9NOS/c1-2-4-9(13)8-5-3-6-10-11(8)12-7-14-10/h2-7H,1H3. The number of rotatable bonds is 2. The minimum Gasteiger partial charge on any atom is -0.289 e. The van der Waals surface area contributed by atoms with Crippen molar-refractivity contribution in [3.63, 3.8) is 0 Å². The summed E-state index contributed by atoms with van der Waals surface area (Å²) in [5, 5.41) is 0. The highest BCUT2D eigenvalue weighted by molar-refractivity contribution is 7.16. The number of hydrogen-bond acceptors (Lipinski definition) is 3. The Morgan fingerprint density at radius 3 is 3.14 bits per heavy atom. The van der Waals surface area contributed by atoms with Crippen LogP contribution in [-0.2, 0) is 0 Å². The third-order valence-corrected chi connectivity index (χ3v) is 2.74. The summed E-state index contributed by atoms with van der Waals surface area (Å²) in [6.45, 7) is 1.83. The number of carbonyl (C=O) groups is 1. The van der Waals surface area contributed by atoms with Crippen molar-refractivity contribution in [1.29, 1.82) is 0 Å². The Morgan fingerprint density at radius 1 is 1.50 bits per heavy atom. The van der Waals surface area contributed by atoms with Gasteiger partial charge < -0.3 is 0 Å². The van der Waals surface area contributed by atoms with Crippen LogP contribution in [0.3, 0.4) is 0 Å². The van der Waals surface area contributed by atoms with Crippen LogP contribution in [-0.4, -0.2) is 10.8 Å². The maximum Gasteiger partial charge on any atom is 0.187 e. The number of aromatic nitrogens is 1. The molecule has 0 amide bonds. The summed E-state index contributed by atoms with van der Waals surface area (Å²) in [4.78, 5) is 15.8. The van der Waals surface area contributed by atoms with Crippen LogP contribution in [0, 0.1) is 0 Å². The van der Waals surface area contributed by atoms with Crippen LogP contribution in [0.1, 0.15) is 17.3 Å². The second-order valence-corrected chi connectivity index (χ2v) is 3.76. The van der Waals surface area contributed by atoms with Crippen LogP contribution in [0.4, 0.5) is 0 Å². The second kappa shape index (κ2) is 3.72. The Hall–Kier alpha value is -1.48. The lowest BCUT2D eigenvalue weighted by molar-refractivity contribution is 0.104. The lowest BCUT2D eigenvalue weighted by atomic mass is 10.1. The Bertz CT molecular complexity index is 499. The zero-order valence-corrected chi connectivity index (χ0v) is 8.54. The van der Waals surface area contributed by atoms with E-state index in [9.17, 15) is 4.79 Å². The van der Waals surface area contributed by atoms with Crippen LogP contribution in [0.15, 0.2) is 35.9 Å². The first-order valence-electron chi connectivity index (χ1n) is 4.32. The number of para-hydroxylation sites is 1. The molecule has 0 atom stereocenters. The molecule has 0 saturated carbocycles. The van der Waals surface area contributed by atoms with Crippen LogP contribution >= 0.6 is 11.3 Å². The molecule has 0 spiro atoms. The van der Waals surface area contributed by atoms with Gasteiger partial charge in [-0.2, -0.15) is 0 Å². The van der Waals surface area contributed by atoms with Gasteiger partial charge in [-0.1, -0.05) is 12.1 Å². The topological polar surface area (TPSA) is 30.0 Å². The molecule has 0 radical (unpaired) electrons. The molecule has 0 aliphatic carbocycles. The van der Waals surface area contributed by atoms with Gasteiger partial charge in [-0.05, 0) is 25.1 Å². The van der Waals surface area contributed by atoms with E-state index in [2.05, 4.69) is 4.98 Å². The molecule has 0 saturated heterocycles. The Balaban J connectivity index is 2.61. The molecule has 70 valence electrons. The van der Waals surface area contributed by atoms with Crippen LogP contribution < -0.4 is 0 Å². The fourth-order valence-corrected chi connectivity index (χ4v) is 2.03. The van der Waals surface area contributed by atoms with Gasteiger partial charge in [-0.15, -0.1) is 11.3 Å². The van der Waals surface area contributed by atoms with Gasteiger partial charge in [0.05, 0.1) is 15.7 Å². The highest BCUT2D eigenvalue weighted by Gasteiger charge is 2.08. The molecule has 0 bridgehead atoms. The zero-order valence-electron chi connectivity index (χ0n) is 7.73. The predicted octanol–water partition coefficient (Wildman–Crippen LogP) is 3.06. The van der Waals surface area contributed by atoms with E-state index in [0.29, 0.717) is 5.56 Å². The van der Waals surface area contributed by atoms with Gasteiger partial charge in [0.2, 0.25) is 0 Å². The van der Waals surface area contributed by atoms with E-state index in [4.69, 9.17) is 0 Å². The number of hydrogen-bond donors (Lipinski definition) is 0. The molecular weight excluding hydrogens is 194 g/mol. The van der Waals surface area contributed by atoms with Crippen molar-refractivity contribution in [3.05, 3.63) is 41.4 Å². The van der Waals surface area contributed by atoms with Crippen molar-refractivity contribution in [2.75, 3.05) is 0 Å². The monoisotopic (exact) mass is 203 g/mol. The molecule has 1 aromatic carbocycles. The number of carbonyl (C=O) groups excluding carboxylic acids is 1. The maximum atomic E-state index is 11.6. The minimum absolute atomic E-state index is 0.0176. The lowest BCUT2D eigenvalue weighted by Crippen LogP contribution is -1.94. The van der Waals surface area contributed by atoms with Crippen LogP contribution in [0.2, 0.25) is 0 Å². The molecule has 0 fully saturated rings. The quantitative estimate of drug-likeness (QED) is 0.554. The van der Waals surface area contributed by atoms with Gasteiger partial charge in [-0.25, -0.2) is 4.98 Å². The summed E-state index contributed by atoms with van der Waals surface area (Å²) in [5.74, 6) is 0.0176. The van der Waals surface area contributed by atoms with E-state index >= 15 is 0 Å². The minimum atomic E-state index is 0.0176. The molecule has 2 aromatic rings. The van der Waals surface area contributed by atoms with Crippen LogP contribution in [0.5, 0.6) is 0 Å². The van der Waals surface area contributed by atoms with Gasteiger partial charge >= 0.3 is 0 Å². The van der Waals surface area contributed by atoms with Crippen molar-refractivity contribution >= 4 is 27.3 Å². The predicted molar refractivity (Wildman–Crippen MR) is 58.8 cm³/mol. The third kappa shape index (κ3) is 1.46. The second-order valence-electron chi connectivity index (χ2n) is 2.87. The number of allylic oxidation sites excluding steroid dienone is 2. The van der Waals surface area contributed by atoms with E-state index in [1.54, 1.807) is 29.0 Å². The molecule has 14 heavy (non-hydrogen) atoms. The van der Waals surface area contributed by atoms with Crippen molar-refractivity contribution in [1.82, 2.24) is 4.98 Å². The molecule has 1 aromatic heterocycles. The fraction of sp³-hybridized carbons (Fsp3) is 0.0909. The normalized spacial score (nSPS) is 11.2. The first-order chi connectivity index (χ1) is 6.83. The molecular formula is C11H9NOS. The zero-order chi connectivity index (χ0) is 9.97. The molecule has 1 heterocycles. The molecule has 0 unspecified atom stereocenters. The molecule has 2 nitrogen and oxygen atoms in total. The Labute approximate surface area is 85.9 Å². The van der Waals surface area contributed by atoms with Gasteiger partial charge in [-0.3, -0.25) is 4.79 Å². The lowest BCUT2D eigenvalue weighted by Gasteiger charge is -1.96. The largest absolute Gasteiger partial charge is 0.289 e. The van der Waals surface area contributed by atoms with Crippen molar-refractivity contribution in [2.24, 2.45) is 0 Å². The number of nitrogens with zero attached hydrogens (tertiary/aromatic N) is 1. The molecule has 3 heteroatoms. The third-order valence-electron chi connectivity index (χ3n) is 1.94.